The number of aliphatic carboxylic acids is 1. The molecule has 124 valence electrons. The summed E-state index contributed by atoms with van der Waals surface area (Å²) in [7, 11) is -0.456. The summed E-state index contributed by atoms with van der Waals surface area (Å²) in [6.45, 7) is -0.894. The highest BCUT2D eigenvalue weighted by Gasteiger charge is 2.23. The molecule has 0 bridgehead atoms. The number of carboxylic acid groups (broad SMARTS) is 1. The number of carbonyl (C=O) groups is 1. The van der Waals surface area contributed by atoms with Crippen molar-refractivity contribution >= 4 is 32.5 Å². The lowest BCUT2D eigenvalue weighted by Crippen LogP contribution is -2.49. The number of aliphatic hydroxyl groups excluding tert-OH is 1. The van der Waals surface area contributed by atoms with Gasteiger partial charge in [-0.05, 0) is 12.1 Å². The Kier molecular flexibility index (Phi) is 4.88. The molecular weight excluding hydrogens is 320 g/mol. The normalized spacial score (nSPS) is 13.0. The van der Waals surface area contributed by atoms with Crippen LogP contribution >= 0.6 is 0 Å². The summed E-state index contributed by atoms with van der Waals surface area (Å²) in [5.41, 5.74) is 0.832. The van der Waals surface area contributed by atoms with Crippen LogP contribution in [-0.4, -0.2) is 46.2 Å². The summed E-state index contributed by atoms with van der Waals surface area (Å²) in [5.74, 6) is -1.69. The summed E-state index contributed by atoms with van der Waals surface area (Å²) < 4.78 is 26.9. The van der Waals surface area contributed by atoms with Crippen LogP contribution < -0.4 is 14.7 Å². The summed E-state index contributed by atoms with van der Waals surface area (Å²) in [4.78, 5) is 12.6. The van der Waals surface area contributed by atoms with E-state index in [4.69, 9.17) is 5.11 Å². The Labute approximate surface area is 134 Å². The van der Waals surface area contributed by atoms with Gasteiger partial charge >= 0.3 is 0 Å². The van der Waals surface area contributed by atoms with Crippen LogP contribution in [0.2, 0.25) is 0 Å². The molecule has 7 nitrogen and oxygen atoms in total. The number of rotatable bonds is 6. The number of hydrogen-bond donors (Lipinski definition) is 2. The molecule has 0 spiro atoms. The van der Waals surface area contributed by atoms with E-state index in [9.17, 15) is 18.3 Å². The topological polar surface area (TPSA) is 110 Å². The molecule has 0 aromatic heterocycles. The molecule has 1 atom stereocenters. The standard InChI is InChI=1S/C15H18N2O5S/c1-17(2)13-7-3-6-11-10(13)5-4-8-14(11)23(21,22)16-12(9-18)15(19)20/h3-8,12,16,18H,9H2,1-2H3,(H,19,20)/p-1. The van der Waals surface area contributed by atoms with Gasteiger partial charge in [0, 0.05) is 30.6 Å². The average Bonchev–Trinajstić information content (AvgIpc) is 2.50. The predicted octanol–water partition coefficient (Wildman–Crippen LogP) is -0.705. The molecule has 2 rings (SSSR count). The summed E-state index contributed by atoms with van der Waals surface area (Å²) in [6, 6.07) is 8.26. The molecule has 0 aliphatic carbocycles. The second-order valence-corrected chi connectivity index (χ2v) is 6.88. The minimum Gasteiger partial charge on any atom is -0.548 e. The summed E-state index contributed by atoms with van der Waals surface area (Å²) in [5, 5.41) is 21.0. The van der Waals surface area contributed by atoms with E-state index >= 15 is 0 Å². The maximum absolute atomic E-state index is 12.5. The Morgan fingerprint density at radius 1 is 1.22 bits per heavy atom. The van der Waals surface area contributed by atoms with Crippen LogP contribution in [0.25, 0.3) is 10.8 Å². The third-order valence-corrected chi connectivity index (χ3v) is 4.92. The first-order chi connectivity index (χ1) is 10.8. The van der Waals surface area contributed by atoms with E-state index in [0.717, 1.165) is 11.1 Å². The third kappa shape index (κ3) is 3.44. The molecule has 0 fully saturated rings. The van der Waals surface area contributed by atoms with E-state index < -0.39 is 28.6 Å². The van der Waals surface area contributed by atoms with Gasteiger partial charge in [-0.15, -0.1) is 0 Å². The van der Waals surface area contributed by atoms with Crippen LogP contribution in [0.4, 0.5) is 5.69 Å². The molecule has 0 radical (unpaired) electrons. The maximum atomic E-state index is 12.5. The van der Waals surface area contributed by atoms with Crippen LogP contribution in [0.15, 0.2) is 41.3 Å². The molecule has 2 aromatic rings. The Hall–Kier alpha value is -2.16. The third-order valence-electron chi connectivity index (χ3n) is 3.39. The number of benzene rings is 2. The van der Waals surface area contributed by atoms with Gasteiger partial charge in [-0.1, -0.05) is 24.3 Å². The van der Waals surface area contributed by atoms with E-state index in [2.05, 4.69) is 0 Å². The van der Waals surface area contributed by atoms with E-state index in [1.807, 2.05) is 29.8 Å². The Bertz CT molecular complexity index is 833. The summed E-state index contributed by atoms with van der Waals surface area (Å²) in [6.07, 6.45) is 0. The van der Waals surface area contributed by atoms with Crippen molar-refractivity contribution < 1.29 is 23.4 Å². The fourth-order valence-corrected chi connectivity index (χ4v) is 3.70. The van der Waals surface area contributed by atoms with Crippen molar-refractivity contribution in [2.75, 3.05) is 25.6 Å². The van der Waals surface area contributed by atoms with Gasteiger partial charge in [-0.2, -0.15) is 0 Å². The minimum atomic E-state index is -4.14. The first-order valence-corrected chi connectivity index (χ1v) is 8.29. The Balaban J connectivity index is 2.59. The zero-order valence-electron chi connectivity index (χ0n) is 12.7. The van der Waals surface area contributed by atoms with E-state index in [0.29, 0.717) is 5.39 Å². The molecule has 2 aromatic carbocycles. The van der Waals surface area contributed by atoms with Crippen LogP contribution in [0.1, 0.15) is 0 Å². The van der Waals surface area contributed by atoms with Crippen molar-refractivity contribution in [2.24, 2.45) is 0 Å². The van der Waals surface area contributed by atoms with Crippen molar-refractivity contribution in [3.63, 3.8) is 0 Å². The van der Waals surface area contributed by atoms with Gasteiger partial charge in [0.1, 0.15) is 0 Å². The number of sulfonamides is 1. The number of aliphatic hydroxyl groups is 1. The van der Waals surface area contributed by atoms with E-state index in [1.54, 1.807) is 24.3 Å². The highest BCUT2D eigenvalue weighted by molar-refractivity contribution is 7.89. The van der Waals surface area contributed by atoms with Gasteiger partial charge < -0.3 is 19.9 Å². The second kappa shape index (κ2) is 6.53. The van der Waals surface area contributed by atoms with Crippen molar-refractivity contribution in [1.82, 2.24) is 4.72 Å². The number of nitrogens with zero attached hydrogens (tertiary/aromatic N) is 1. The molecule has 0 saturated heterocycles. The first-order valence-electron chi connectivity index (χ1n) is 6.81. The van der Waals surface area contributed by atoms with Gasteiger partial charge in [0.05, 0.1) is 23.5 Å². The fraction of sp³-hybridized carbons (Fsp3) is 0.267. The minimum absolute atomic E-state index is 0.0570. The molecule has 0 heterocycles. The largest absolute Gasteiger partial charge is 0.548 e. The zero-order chi connectivity index (χ0) is 17.2. The number of hydrogen-bond acceptors (Lipinski definition) is 6. The SMILES string of the molecule is CN(C)c1cccc2c(S(=O)(=O)NC(CO)C(=O)[O-])cccc12. The quantitative estimate of drug-likeness (QED) is 0.721. The Morgan fingerprint density at radius 2 is 1.83 bits per heavy atom. The van der Waals surface area contributed by atoms with Crippen LogP contribution in [0.3, 0.4) is 0 Å². The average molecular weight is 337 g/mol. The van der Waals surface area contributed by atoms with Crippen molar-refractivity contribution in [2.45, 2.75) is 10.9 Å². The molecule has 1 unspecified atom stereocenters. The van der Waals surface area contributed by atoms with Crippen LogP contribution in [0.5, 0.6) is 0 Å². The van der Waals surface area contributed by atoms with Crippen molar-refractivity contribution in [3.8, 4) is 0 Å². The predicted molar refractivity (Wildman–Crippen MR) is 84.5 cm³/mol. The molecule has 8 heteroatoms. The second-order valence-electron chi connectivity index (χ2n) is 5.20. The lowest BCUT2D eigenvalue weighted by atomic mass is 10.1. The van der Waals surface area contributed by atoms with E-state index in [1.165, 1.54) is 6.07 Å². The van der Waals surface area contributed by atoms with Crippen LogP contribution in [-0.2, 0) is 14.8 Å². The lowest BCUT2D eigenvalue weighted by Gasteiger charge is -2.19. The molecule has 0 amide bonds. The molecule has 0 aliphatic rings. The number of nitrogens with one attached hydrogen (secondary N) is 1. The number of fused-ring (bicyclic) bond motifs is 1. The Morgan fingerprint density at radius 3 is 2.39 bits per heavy atom. The zero-order valence-corrected chi connectivity index (χ0v) is 13.5. The van der Waals surface area contributed by atoms with Gasteiger partial charge in [-0.3, -0.25) is 0 Å². The van der Waals surface area contributed by atoms with Gasteiger partial charge in [0.15, 0.2) is 0 Å². The van der Waals surface area contributed by atoms with Crippen molar-refractivity contribution in [1.29, 1.82) is 0 Å². The summed E-state index contributed by atoms with van der Waals surface area (Å²) >= 11 is 0. The van der Waals surface area contributed by atoms with Gasteiger partial charge in [0.25, 0.3) is 0 Å². The highest BCUT2D eigenvalue weighted by atomic mass is 32.2. The number of carboxylic acids is 1. The smallest absolute Gasteiger partial charge is 0.241 e. The molecular formula is C15H17N2O5S-. The molecule has 23 heavy (non-hydrogen) atoms. The number of carbonyl (C=O) groups excluding carboxylic acids is 1. The first kappa shape index (κ1) is 17.2. The number of anilines is 1. The highest BCUT2D eigenvalue weighted by Crippen LogP contribution is 2.30. The fourth-order valence-electron chi connectivity index (χ4n) is 2.30. The molecule has 2 N–H and O–H groups in total. The van der Waals surface area contributed by atoms with E-state index in [-0.39, 0.29) is 4.90 Å². The van der Waals surface area contributed by atoms with Gasteiger partial charge in [-0.25, -0.2) is 13.1 Å². The van der Waals surface area contributed by atoms with Gasteiger partial charge in [0.2, 0.25) is 10.0 Å². The lowest BCUT2D eigenvalue weighted by molar-refractivity contribution is -0.308. The monoisotopic (exact) mass is 337 g/mol. The molecule has 0 saturated carbocycles. The maximum Gasteiger partial charge on any atom is 0.241 e. The molecule has 0 aliphatic heterocycles. The van der Waals surface area contributed by atoms with Crippen LogP contribution in [0, 0.1) is 0 Å². The van der Waals surface area contributed by atoms with Crippen molar-refractivity contribution in [3.05, 3.63) is 36.4 Å².